The van der Waals surface area contributed by atoms with E-state index in [0.717, 1.165) is 23.4 Å². The van der Waals surface area contributed by atoms with Crippen molar-refractivity contribution in [3.05, 3.63) is 47.3 Å². The number of nitrogens with one attached hydrogen (secondary N) is 2. The number of aromatic nitrogens is 2. The first-order valence-electron chi connectivity index (χ1n) is 6.71. The van der Waals surface area contributed by atoms with E-state index < -0.39 is 0 Å². The van der Waals surface area contributed by atoms with Crippen molar-refractivity contribution in [2.45, 2.75) is 19.9 Å². The molecule has 0 aliphatic rings. The Morgan fingerprint density at radius 3 is 2.60 bits per heavy atom. The van der Waals surface area contributed by atoms with Gasteiger partial charge in [-0.05, 0) is 24.1 Å². The Bertz CT molecular complexity index is 586. The summed E-state index contributed by atoms with van der Waals surface area (Å²) < 4.78 is 1.82. The van der Waals surface area contributed by atoms with Crippen molar-refractivity contribution in [2.75, 3.05) is 12.4 Å². The summed E-state index contributed by atoms with van der Waals surface area (Å²) in [5.41, 5.74) is 3.93. The Kier molecular flexibility index (Phi) is 4.40. The Morgan fingerprint density at radius 2 is 2.00 bits per heavy atom. The van der Waals surface area contributed by atoms with Crippen LogP contribution < -0.4 is 10.6 Å². The van der Waals surface area contributed by atoms with E-state index in [1.54, 1.807) is 7.05 Å². The average molecular weight is 272 g/mol. The third kappa shape index (κ3) is 3.17. The van der Waals surface area contributed by atoms with Gasteiger partial charge in [-0.3, -0.25) is 9.48 Å². The van der Waals surface area contributed by atoms with E-state index in [4.69, 9.17) is 0 Å². The van der Waals surface area contributed by atoms with Gasteiger partial charge in [-0.1, -0.05) is 19.1 Å². The lowest BCUT2D eigenvalue weighted by Gasteiger charge is -2.06. The summed E-state index contributed by atoms with van der Waals surface area (Å²) in [4.78, 5) is 11.5. The molecule has 1 aromatic carbocycles. The van der Waals surface area contributed by atoms with E-state index in [2.05, 4.69) is 22.7 Å². The van der Waals surface area contributed by atoms with Gasteiger partial charge in [0.15, 0.2) is 0 Å². The highest BCUT2D eigenvalue weighted by molar-refractivity contribution is 5.93. The van der Waals surface area contributed by atoms with Gasteiger partial charge in [0.05, 0.1) is 11.4 Å². The van der Waals surface area contributed by atoms with Crippen LogP contribution in [0.4, 0.5) is 5.69 Å². The smallest absolute Gasteiger partial charge is 0.251 e. The van der Waals surface area contributed by atoms with Crippen LogP contribution in [0.5, 0.6) is 0 Å². The van der Waals surface area contributed by atoms with Crippen molar-refractivity contribution in [3.63, 3.8) is 0 Å². The highest BCUT2D eigenvalue weighted by atomic mass is 16.1. The van der Waals surface area contributed by atoms with Crippen LogP contribution in [-0.4, -0.2) is 22.7 Å². The van der Waals surface area contributed by atoms with Crippen molar-refractivity contribution in [3.8, 4) is 0 Å². The third-order valence-corrected chi connectivity index (χ3v) is 3.17. The fraction of sp³-hybridized carbons (Fsp3) is 0.333. The molecule has 2 N–H and O–H groups in total. The van der Waals surface area contributed by atoms with Crippen LogP contribution >= 0.6 is 0 Å². The molecule has 0 fully saturated rings. The van der Waals surface area contributed by atoms with Crippen LogP contribution in [-0.2, 0) is 20.0 Å². The van der Waals surface area contributed by atoms with Gasteiger partial charge in [0.25, 0.3) is 5.91 Å². The lowest BCUT2D eigenvalue weighted by molar-refractivity contribution is 0.0963. The molecule has 5 nitrogen and oxygen atoms in total. The molecule has 0 aliphatic heterocycles. The molecule has 5 heteroatoms. The number of hydrogen-bond donors (Lipinski definition) is 2. The number of benzene rings is 1. The van der Waals surface area contributed by atoms with Crippen LogP contribution in [0.25, 0.3) is 0 Å². The lowest BCUT2D eigenvalue weighted by Crippen LogP contribution is -2.17. The van der Waals surface area contributed by atoms with E-state index in [-0.39, 0.29) is 5.91 Å². The van der Waals surface area contributed by atoms with E-state index in [9.17, 15) is 4.79 Å². The van der Waals surface area contributed by atoms with Crippen LogP contribution in [0.3, 0.4) is 0 Å². The van der Waals surface area contributed by atoms with Gasteiger partial charge in [0, 0.05) is 32.4 Å². The second-order valence-electron chi connectivity index (χ2n) is 4.65. The van der Waals surface area contributed by atoms with Crippen LogP contribution in [0, 0.1) is 0 Å². The minimum atomic E-state index is -0.0648. The minimum Gasteiger partial charge on any atom is -0.378 e. The minimum absolute atomic E-state index is 0.0648. The Balaban J connectivity index is 2.02. The molecule has 0 spiro atoms. The van der Waals surface area contributed by atoms with Crippen molar-refractivity contribution in [1.82, 2.24) is 15.1 Å². The molecule has 1 aromatic heterocycles. The summed E-state index contributed by atoms with van der Waals surface area (Å²) in [6, 6.07) is 7.58. The van der Waals surface area contributed by atoms with E-state index in [1.807, 2.05) is 42.2 Å². The Hall–Kier alpha value is -2.30. The van der Waals surface area contributed by atoms with Gasteiger partial charge in [-0.15, -0.1) is 0 Å². The van der Waals surface area contributed by atoms with E-state index in [0.29, 0.717) is 12.1 Å². The van der Waals surface area contributed by atoms with Gasteiger partial charge >= 0.3 is 0 Å². The summed E-state index contributed by atoms with van der Waals surface area (Å²) >= 11 is 0. The Labute approximate surface area is 119 Å². The molecular formula is C15H20N4O. The molecule has 0 aliphatic carbocycles. The highest BCUT2D eigenvalue weighted by Crippen LogP contribution is 2.15. The molecule has 0 saturated carbocycles. The monoisotopic (exact) mass is 272 g/mol. The van der Waals surface area contributed by atoms with Gasteiger partial charge in [0.1, 0.15) is 0 Å². The summed E-state index contributed by atoms with van der Waals surface area (Å²) in [6.07, 6.45) is 2.89. The second kappa shape index (κ2) is 6.23. The standard InChI is InChI=1S/C15H20N4O/c1-4-13-14(10-19(3)18-13)17-9-11-5-7-12(8-6-11)15(20)16-2/h5-8,10,17H,4,9H2,1-3H3,(H,16,20). The zero-order valence-electron chi connectivity index (χ0n) is 12.1. The molecule has 0 unspecified atom stereocenters. The highest BCUT2D eigenvalue weighted by Gasteiger charge is 2.06. The molecule has 0 atom stereocenters. The van der Waals surface area contributed by atoms with Gasteiger partial charge in [-0.2, -0.15) is 5.10 Å². The largest absolute Gasteiger partial charge is 0.378 e. The number of hydrogen-bond acceptors (Lipinski definition) is 3. The fourth-order valence-corrected chi connectivity index (χ4v) is 2.06. The van der Waals surface area contributed by atoms with Gasteiger partial charge < -0.3 is 10.6 Å². The maximum absolute atomic E-state index is 11.5. The summed E-state index contributed by atoms with van der Waals surface area (Å²) in [5.74, 6) is -0.0648. The van der Waals surface area contributed by atoms with Crippen LogP contribution in [0.1, 0.15) is 28.5 Å². The molecule has 0 saturated heterocycles. The number of rotatable bonds is 5. The maximum Gasteiger partial charge on any atom is 0.251 e. The molecule has 0 radical (unpaired) electrons. The molecule has 20 heavy (non-hydrogen) atoms. The molecule has 2 rings (SSSR count). The Morgan fingerprint density at radius 1 is 1.30 bits per heavy atom. The predicted octanol–water partition coefficient (Wildman–Crippen LogP) is 1.95. The quantitative estimate of drug-likeness (QED) is 0.874. The van der Waals surface area contributed by atoms with Crippen molar-refractivity contribution < 1.29 is 4.79 Å². The van der Waals surface area contributed by atoms with Crippen molar-refractivity contribution in [2.24, 2.45) is 7.05 Å². The van der Waals surface area contributed by atoms with Gasteiger partial charge in [0.2, 0.25) is 0 Å². The second-order valence-corrected chi connectivity index (χ2v) is 4.65. The number of aryl methyl sites for hydroxylation is 2. The molecule has 106 valence electrons. The molecule has 0 bridgehead atoms. The van der Waals surface area contributed by atoms with Crippen molar-refractivity contribution in [1.29, 1.82) is 0 Å². The molecule has 1 amide bonds. The number of carbonyl (C=O) groups is 1. The number of anilines is 1. The average Bonchev–Trinajstić information content (AvgIpc) is 2.85. The van der Waals surface area contributed by atoms with E-state index in [1.165, 1.54) is 0 Å². The molecule has 1 heterocycles. The van der Waals surface area contributed by atoms with Gasteiger partial charge in [-0.25, -0.2) is 0 Å². The normalized spacial score (nSPS) is 10.3. The summed E-state index contributed by atoms with van der Waals surface area (Å²) in [6.45, 7) is 2.80. The summed E-state index contributed by atoms with van der Waals surface area (Å²) in [7, 11) is 3.55. The number of nitrogens with zero attached hydrogens (tertiary/aromatic N) is 2. The topological polar surface area (TPSA) is 59.0 Å². The molecular weight excluding hydrogens is 252 g/mol. The predicted molar refractivity (Wildman–Crippen MR) is 79.7 cm³/mol. The number of amides is 1. The number of carbonyl (C=O) groups excluding carboxylic acids is 1. The molecule has 2 aromatic rings. The van der Waals surface area contributed by atoms with Crippen LogP contribution in [0.15, 0.2) is 30.5 Å². The van der Waals surface area contributed by atoms with E-state index >= 15 is 0 Å². The van der Waals surface area contributed by atoms with Crippen molar-refractivity contribution >= 4 is 11.6 Å². The zero-order chi connectivity index (χ0) is 14.5. The third-order valence-electron chi connectivity index (χ3n) is 3.17. The first-order chi connectivity index (χ1) is 9.63. The van der Waals surface area contributed by atoms with Crippen LogP contribution in [0.2, 0.25) is 0 Å². The fourth-order valence-electron chi connectivity index (χ4n) is 2.06. The first kappa shape index (κ1) is 14.1. The maximum atomic E-state index is 11.5. The first-order valence-corrected chi connectivity index (χ1v) is 6.71. The zero-order valence-corrected chi connectivity index (χ0v) is 12.1. The summed E-state index contributed by atoms with van der Waals surface area (Å²) in [5, 5.41) is 10.4. The lowest BCUT2D eigenvalue weighted by atomic mass is 10.1. The SMILES string of the molecule is CCc1nn(C)cc1NCc1ccc(C(=O)NC)cc1.